The van der Waals surface area contributed by atoms with Gasteiger partial charge in [-0.25, -0.2) is 0 Å². The van der Waals surface area contributed by atoms with Crippen molar-refractivity contribution in [2.24, 2.45) is 0 Å². The summed E-state index contributed by atoms with van der Waals surface area (Å²) >= 11 is 6.23. The average molecular weight is 365 g/mol. The molecule has 2 heterocycles. The molecule has 25 heavy (non-hydrogen) atoms. The predicted molar refractivity (Wildman–Crippen MR) is 92.3 cm³/mol. The van der Waals surface area contributed by atoms with Crippen LogP contribution in [0.15, 0.2) is 12.1 Å². The number of nitrogens with one attached hydrogen (secondary N) is 1. The van der Waals surface area contributed by atoms with E-state index in [1.54, 1.807) is 19.1 Å². The topological polar surface area (TPSA) is 67.9 Å². The highest BCUT2D eigenvalue weighted by Gasteiger charge is 2.54. The molecule has 2 aliphatic heterocycles. The van der Waals surface area contributed by atoms with Crippen LogP contribution in [-0.2, 0) is 4.79 Å². The van der Waals surface area contributed by atoms with E-state index in [0.29, 0.717) is 35.3 Å². The fourth-order valence-electron chi connectivity index (χ4n) is 3.93. The van der Waals surface area contributed by atoms with Gasteiger partial charge in [-0.2, -0.15) is 0 Å². The number of likely N-dealkylation sites (tertiary alicyclic amines) is 1. The first-order valence-electron chi connectivity index (χ1n) is 8.69. The third-order valence-corrected chi connectivity index (χ3v) is 5.59. The number of ether oxygens (including phenoxy) is 2. The lowest BCUT2D eigenvalue weighted by Gasteiger charge is -2.32. The minimum Gasteiger partial charge on any atom is -0.486 e. The van der Waals surface area contributed by atoms with E-state index in [1.165, 1.54) is 0 Å². The summed E-state index contributed by atoms with van der Waals surface area (Å²) in [5.74, 6) is 0.876. The molecule has 6 nitrogen and oxygen atoms in total. The summed E-state index contributed by atoms with van der Waals surface area (Å²) < 4.78 is 11.0. The van der Waals surface area contributed by atoms with Crippen molar-refractivity contribution in [1.82, 2.24) is 10.2 Å². The van der Waals surface area contributed by atoms with Crippen LogP contribution in [0.2, 0.25) is 5.02 Å². The molecule has 3 aliphatic rings. The fraction of sp³-hybridized carbons (Fsp3) is 0.556. The van der Waals surface area contributed by atoms with Gasteiger partial charge in [0.1, 0.15) is 13.2 Å². The van der Waals surface area contributed by atoms with E-state index >= 15 is 0 Å². The monoisotopic (exact) mass is 364 g/mol. The maximum Gasteiger partial charge on any atom is 0.251 e. The number of fused-ring (bicyclic) bond motifs is 1. The van der Waals surface area contributed by atoms with E-state index in [9.17, 15) is 9.59 Å². The molecular weight excluding hydrogens is 344 g/mol. The van der Waals surface area contributed by atoms with Gasteiger partial charge in [-0.05, 0) is 37.8 Å². The van der Waals surface area contributed by atoms with Crippen LogP contribution in [0.3, 0.4) is 0 Å². The van der Waals surface area contributed by atoms with E-state index in [0.717, 1.165) is 32.2 Å². The van der Waals surface area contributed by atoms with E-state index in [1.807, 2.05) is 4.90 Å². The minimum atomic E-state index is -0.307. The van der Waals surface area contributed by atoms with Gasteiger partial charge in [0.15, 0.2) is 11.5 Å². The van der Waals surface area contributed by atoms with E-state index in [-0.39, 0.29) is 23.4 Å². The van der Waals surface area contributed by atoms with Crippen molar-refractivity contribution < 1.29 is 19.1 Å². The van der Waals surface area contributed by atoms with Crippen molar-refractivity contribution >= 4 is 23.4 Å². The molecule has 1 unspecified atom stereocenters. The summed E-state index contributed by atoms with van der Waals surface area (Å²) in [4.78, 5) is 26.6. The Kier molecular flexibility index (Phi) is 4.02. The minimum absolute atomic E-state index is 0.0744. The molecule has 1 aliphatic carbocycles. The molecule has 1 atom stereocenters. The Morgan fingerprint density at radius 2 is 2.04 bits per heavy atom. The summed E-state index contributed by atoms with van der Waals surface area (Å²) in [6.07, 6.45) is 3.70. The number of rotatable bonds is 3. The van der Waals surface area contributed by atoms with Crippen LogP contribution in [0.25, 0.3) is 0 Å². The predicted octanol–water partition coefficient (Wildman–Crippen LogP) is 2.38. The van der Waals surface area contributed by atoms with Crippen molar-refractivity contribution in [1.29, 1.82) is 0 Å². The molecule has 134 valence electrons. The summed E-state index contributed by atoms with van der Waals surface area (Å²) in [6.45, 7) is 3.25. The van der Waals surface area contributed by atoms with Crippen molar-refractivity contribution in [3.8, 4) is 11.5 Å². The van der Waals surface area contributed by atoms with Gasteiger partial charge >= 0.3 is 0 Å². The third-order valence-electron chi connectivity index (χ3n) is 5.31. The zero-order valence-corrected chi connectivity index (χ0v) is 14.9. The molecule has 0 spiro atoms. The summed E-state index contributed by atoms with van der Waals surface area (Å²) in [6, 6.07) is 3.36. The van der Waals surface area contributed by atoms with E-state index in [2.05, 4.69) is 5.32 Å². The third kappa shape index (κ3) is 2.92. The highest BCUT2D eigenvalue weighted by atomic mass is 35.5. The number of amides is 2. The van der Waals surface area contributed by atoms with Crippen molar-refractivity contribution in [2.45, 2.75) is 44.2 Å². The largest absolute Gasteiger partial charge is 0.486 e. The van der Waals surface area contributed by atoms with Crippen molar-refractivity contribution in [3.05, 3.63) is 22.7 Å². The molecule has 0 aromatic heterocycles. The quantitative estimate of drug-likeness (QED) is 0.894. The molecule has 1 aromatic carbocycles. The lowest BCUT2D eigenvalue weighted by molar-refractivity contribution is -0.130. The normalized spacial score (nSPS) is 23.3. The Bertz CT molecular complexity index is 732. The SMILES string of the molecule is CC(=O)N1CCCC1C1(NC(=O)c2cc(Cl)c3c(c2)OCCO3)CC1. The lowest BCUT2D eigenvalue weighted by atomic mass is 10.0. The van der Waals surface area contributed by atoms with Crippen LogP contribution in [0.4, 0.5) is 0 Å². The Hall–Kier alpha value is -1.95. The molecular formula is C18H21ClN2O4. The summed E-state index contributed by atoms with van der Waals surface area (Å²) in [5, 5.41) is 3.53. The molecule has 7 heteroatoms. The van der Waals surface area contributed by atoms with E-state index in [4.69, 9.17) is 21.1 Å². The highest BCUT2D eigenvalue weighted by Crippen LogP contribution is 2.45. The van der Waals surface area contributed by atoms with Gasteiger partial charge in [0, 0.05) is 19.0 Å². The summed E-state index contributed by atoms with van der Waals surface area (Å²) in [5.41, 5.74) is 0.145. The molecule has 2 fully saturated rings. The van der Waals surface area contributed by atoms with Crippen LogP contribution in [0.1, 0.15) is 43.0 Å². The maximum atomic E-state index is 12.8. The number of hydrogen-bond acceptors (Lipinski definition) is 4. The summed E-state index contributed by atoms with van der Waals surface area (Å²) in [7, 11) is 0. The van der Waals surface area contributed by atoms with Gasteiger partial charge in [-0.15, -0.1) is 0 Å². The standard InChI is InChI=1S/C18H21ClN2O4/c1-11(22)21-6-2-3-15(21)18(4-5-18)20-17(23)12-9-13(19)16-14(10-12)24-7-8-25-16/h9-10,15H,2-8H2,1H3,(H,20,23). The molecule has 4 rings (SSSR count). The molecule has 1 N–H and O–H groups in total. The Morgan fingerprint density at radius 1 is 1.28 bits per heavy atom. The first-order valence-corrected chi connectivity index (χ1v) is 9.07. The Labute approximate surface area is 151 Å². The van der Waals surface area contributed by atoms with Gasteiger partial charge < -0.3 is 19.7 Å². The highest BCUT2D eigenvalue weighted by molar-refractivity contribution is 6.32. The van der Waals surface area contributed by atoms with Gasteiger partial charge in [0.2, 0.25) is 5.91 Å². The molecule has 0 radical (unpaired) electrons. The molecule has 1 aromatic rings. The van der Waals surface area contributed by atoms with E-state index < -0.39 is 0 Å². The second-order valence-electron chi connectivity index (χ2n) is 6.96. The van der Waals surface area contributed by atoms with Crippen LogP contribution in [0, 0.1) is 0 Å². The van der Waals surface area contributed by atoms with Gasteiger partial charge in [-0.3, -0.25) is 9.59 Å². The van der Waals surface area contributed by atoms with Crippen LogP contribution in [0.5, 0.6) is 11.5 Å². The van der Waals surface area contributed by atoms with Gasteiger partial charge in [-0.1, -0.05) is 11.6 Å². The Morgan fingerprint density at radius 3 is 2.76 bits per heavy atom. The number of hydrogen-bond donors (Lipinski definition) is 1. The van der Waals surface area contributed by atoms with Crippen molar-refractivity contribution in [2.75, 3.05) is 19.8 Å². The molecule has 1 saturated carbocycles. The number of benzene rings is 1. The van der Waals surface area contributed by atoms with Crippen LogP contribution in [-0.4, -0.2) is 48.1 Å². The molecule has 2 amide bonds. The number of nitrogens with zero attached hydrogens (tertiary/aromatic N) is 1. The number of halogens is 1. The number of carbonyl (C=O) groups excluding carboxylic acids is 2. The zero-order valence-electron chi connectivity index (χ0n) is 14.1. The van der Waals surface area contributed by atoms with Crippen LogP contribution >= 0.6 is 11.6 Å². The maximum absolute atomic E-state index is 12.8. The average Bonchev–Trinajstić information content (AvgIpc) is 3.18. The Balaban J connectivity index is 1.54. The lowest BCUT2D eigenvalue weighted by Crippen LogP contribution is -2.52. The first kappa shape index (κ1) is 16.5. The second kappa shape index (κ2) is 6.09. The van der Waals surface area contributed by atoms with Gasteiger partial charge in [0.25, 0.3) is 5.91 Å². The fourth-order valence-corrected chi connectivity index (χ4v) is 4.20. The van der Waals surface area contributed by atoms with Gasteiger partial charge in [0.05, 0.1) is 16.6 Å². The first-order chi connectivity index (χ1) is 12.0. The second-order valence-corrected chi connectivity index (χ2v) is 7.37. The smallest absolute Gasteiger partial charge is 0.251 e. The van der Waals surface area contributed by atoms with Crippen LogP contribution < -0.4 is 14.8 Å². The molecule has 1 saturated heterocycles. The number of carbonyl (C=O) groups is 2. The van der Waals surface area contributed by atoms with Crippen molar-refractivity contribution in [3.63, 3.8) is 0 Å². The molecule has 0 bridgehead atoms. The zero-order chi connectivity index (χ0) is 17.6.